The molecule has 0 bridgehead atoms. The van der Waals surface area contributed by atoms with Gasteiger partial charge in [0.25, 0.3) is 0 Å². The smallest absolute Gasteiger partial charge is 0.385 e. The largest absolute Gasteiger partial charge is 0.416 e. The quantitative estimate of drug-likeness (QED) is 0.300. The zero-order chi connectivity index (χ0) is 26.8. The molecule has 0 fully saturated rings. The van der Waals surface area contributed by atoms with Gasteiger partial charge in [-0.05, 0) is 60.2 Å². The summed E-state index contributed by atoms with van der Waals surface area (Å²) in [5, 5.41) is 4.58. The number of hydrogen-bond donors (Lipinski definition) is 1. The summed E-state index contributed by atoms with van der Waals surface area (Å²) < 4.78 is 43.7. The van der Waals surface area contributed by atoms with E-state index in [9.17, 15) is 22.8 Å². The SMILES string of the molecule is COCCCN(CC(=O)N(Cc1ccccc1)Cc1sccc1C)C(=O)Nc1ccc(C(F)(F)F)cc1. The number of alkyl halides is 3. The number of thiophene rings is 1. The minimum Gasteiger partial charge on any atom is -0.385 e. The number of anilines is 1. The Morgan fingerprint density at radius 1 is 0.973 bits per heavy atom. The van der Waals surface area contributed by atoms with Crippen LogP contribution in [0.25, 0.3) is 0 Å². The molecule has 37 heavy (non-hydrogen) atoms. The van der Waals surface area contributed by atoms with E-state index in [-0.39, 0.29) is 24.7 Å². The van der Waals surface area contributed by atoms with Crippen LogP contribution < -0.4 is 5.32 Å². The summed E-state index contributed by atoms with van der Waals surface area (Å²) in [5.41, 5.74) is 1.45. The summed E-state index contributed by atoms with van der Waals surface area (Å²) in [6.45, 7) is 3.22. The second-order valence-corrected chi connectivity index (χ2v) is 9.54. The number of amides is 3. The number of rotatable bonds is 11. The van der Waals surface area contributed by atoms with Gasteiger partial charge in [-0.1, -0.05) is 30.3 Å². The first-order valence-electron chi connectivity index (χ1n) is 11.7. The standard InChI is InChI=1S/C27H30F3N3O3S/c1-20-13-16-37-24(20)18-33(17-21-7-4-3-5-8-21)25(34)19-32(14-6-15-36-2)26(35)31-23-11-9-22(10-12-23)27(28,29)30/h3-5,7-13,16H,6,14-15,17-19H2,1-2H3,(H,31,35). The van der Waals surface area contributed by atoms with Gasteiger partial charge in [0.05, 0.1) is 12.1 Å². The van der Waals surface area contributed by atoms with Gasteiger partial charge in [-0.25, -0.2) is 4.79 Å². The van der Waals surface area contributed by atoms with Crippen LogP contribution in [0, 0.1) is 6.92 Å². The minimum atomic E-state index is -4.47. The Morgan fingerprint density at radius 3 is 2.27 bits per heavy atom. The molecule has 1 heterocycles. The number of urea groups is 1. The van der Waals surface area contributed by atoms with Crippen LogP contribution in [-0.2, 0) is 28.8 Å². The molecule has 0 unspecified atom stereocenters. The molecule has 0 aliphatic heterocycles. The molecule has 0 radical (unpaired) electrons. The maximum absolute atomic E-state index is 13.5. The Hall–Kier alpha value is -3.37. The maximum atomic E-state index is 13.5. The summed E-state index contributed by atoms with van der Waals surface area (Å²) in [7, 11) is 1.54. The van der Waals surface area contributed by atoms with Crippen LogP contribution in [-0.4, -0.2) is 48.5 Å². The third-order valence-electron chi connectivity index (χ3n) is 5.72. The third kappa shape index (κ3) is 8.61. The molecule has 0 saturated carbocycles. The average molecular weight is 534 g/mol. The molecule has 10 heteroatoms. The van der Waals surface area contributed by atoms with Crippen molar-refractivity contribution in [1.82, 2.24) is 9.80 Å². The first kappa shape index (κ1) is 28.2. The van der Waals surface area contributed by atoms with Crippen molar-refractivity contribution in [1.29, 1.82) is 0 Å². The normalized spacial score (nSPS) is 11.3. The summed E-state index contributed by atoms with van der Waals surface area (Å²) in [6.07, 6.45) is -3.97. The zero-order valence-electron chi connectivity index (χ0n) is 20.8. The Balaban J connectivity index is 1.75. The van der Waals surface area contributed by atoms with E-state index in [0.717, 1.165) is 28.1 Å². The van der Waals surface area contributed by atoms with Gasteiger partial charge >= 0.3 is 12.2 Å². The molecule has 3 aromatic rings. The van der Waals surface area contributed by atoms with E-state index >= 15 is 0 Å². The van der Waals surface area contributed by atoms with Gasteiger partial charge in [-0.2, -0.15) is 13.2 Å². The third-order valence-corrected chi connectivity index (χ3v) is 6.73. The van der Waals surface area contributed by atoms with Gasteiger partial charge in [0.15, 0.2) is 0 Å². The fraction of sp³-hybridized carbons (Fsp3) is 0.333. The first-order chi connectivity index (χ1) is 17.7. The van der Waals surface area contributed by atoms with E-state index in [1.165, 1.54) is 17.0 Å². The predicted octanol–water partition coefficient (Wildman–Crippen LogP) is 6.17. The van der Waals surface area contributed by atoms with Crippen molar-refractivity contribution in [3.8, 4) is 0 Å². The number of carbonyl (C=O) groups is 2. The van der Waals surface area contributed by atoms with Crippen molar-refractivity contribution < 1.29 is 27.5 Å². The van der Waals surface area contributed by atoms with E-state index in [1.807, 2.05) is 48.7 Å². The summed E-state index contributed by atoms with van der Waals surface area (Å²) in [4.78, 5) is 30.7. The summed E-state index contributed by atoms with van der Waals surface area (Å²) >= 11 is 1.57. The fourth-order valence-electron chi connectivity index (χ4n) is 3.64. The summed E-state index contributed by atoms with van der Waals surface area (Å²) in [6, 6.07) is 15.2. The van der Waals surface area contributed by atoms with E-state index < -0.39 is 17.8 Å². The van der Waals surface area contributed by atoms with Gasteiger partial charge in [-0.15, -0.1) is 11.3 Å². The van der Waals surface area contributed by atoms with Gasteiger partial charge in [-0.3, -0.25) is 4.79 Å². The zero-order valence-corrected chi connectivity index (χ0v) is 21.6. The molecule has 3 amide bonds. The van der Waals surface area contributed by atoms with Crippen LogP contribution in [0.2, 0.25) is 0 Å². The van der Waals surface area contributed by atoms with Gasteiger partial charge in [0.1, 0.15) is 6.54 Å². The number of carbonyl (C=O) groups excluding carboxylic acids is 2. The average Bonchev–Trinajstić information content (AvgIpc) is 3.27. The molecular weight excluding hydrogens is 503 g/mol. The number of methoxy groups -OCH3 is 1. The van der Waals surface area contributed by atoms with Gasteiger partial charge in [0.2, 0.25) is 5.91 Å². The summed E-state index contributed by atoms with van der Waals surface area (Å²) in [5.74, 6) is -0.239. The monoisotopic (exact) mass is 533 g/mol. The minimum absolute atomic E-state index is 0.187. The molecule has 2 aromatic carbocycles. The predicted molar refractivity (Wildman–Crippen MR) is 138 cm³/mol. The molecular formula is C27H30F3N3O3S. The number of hydrogen-bond acceptors (Lipinski definition) is 4. The second-order valence-electron chi connectivity index (χ2n) is 8.54. The van der Waals surface area contributed by atoms with Crippen LogP contribution in [0.15, 0.2) is 66.0 Å². The van der Waals surface area contributed by atoms with Crippen LogP contribution in [0.1, 0.15) is 28.0 Å². The van der Waals surface area contributed by atoms with E-state index in [1.54, 1.807) is 23.3 Å². The van der Waals surface area contributed by atoms with Crippen LogP contribution in [0.3, 0.4) is 0 Å². The Morgan fingerprint density at radius 2 is 1.68 bits per heavy atom. The van der Waals surface area contributed by atoms with Crippen LogP contribution in [0.4, 0.5) is 23.7 Å². The lowest BCUT2D eigenvalue weighted by Crippen LogP contribution is -2.44. The van der Waals surface area contributed by atoms with Crippen LogP contribution in [0.5, 0.6) is 0 Å². The molecule has 1 aromatic heterocycles. The van der Waals surface area contributed by atoms with Crippen molar-refractivity contribution in [2.24, 2.45) is 0 Å². The molecule has 198 valence electrons. The highest BCUT2D eigenvalue weighted by atomic mass is 32.1. The maximum Gasteiger partial charge on any atom is 0.416 e. The molecule has 0 saturated heterocycles. The lowest BCUT2D eigenvalue weighted by molar-refractivity contribution is -0.137. The molecule has 0 atom stereocenters. The second kappa shape index (κ2) is 13.3. The molecule has 3 rings (SSSR count). The Kier molecular flexibility index (Phi) is 10.1. The highest BCUT2D eigenvalue weighted by molar-refractivity contribution is 7.10. The lowest BCUT2D eigenvalue weighted by atomic mass is 10.2. The Labute approximate surface area is 218 Å². The fourth-order valence-corrected chi connectivity index (χ4v) is 4.56. The topological polar surface area (TPSA) is 61.9 Å². The number of nitrogens with one attached hydrogen (secondary N) is 1. The van der Waals surface area contributed by atoms with Crippen molar-refractivity contribution in [3.05, 3.63) is 87.6 Å². The van der Waals surface area contributed by atoms with Crippen molar-refractivity contribution in [2.75, 3.05) is 32.1 Å². The van der Waals surface area contributed by atoms with E-state index in [4.69, 9.17) is 4.74 Å². The van der Waals surface area contributed by atoms with Gasteiger partial charge in [0, 0.05) is 37.4 Å². The number of aryl methyl sites for hydroxylation is 1. The van der Waals surface area contributed by atoms with Crippen molar-refractivity contribution in [2.45, 2.75) is 32.6 Å². The number of benzene rings is 2. The molecule has 0 aliphatic rings. The first-order valence-corrected chi connectivity index (χ1v) is 12.6. The highest BCUT2D eigenvalue weighted by Crippen LogP contribution is 2.30. The lowest BCUT2D eigenvalue weighted by Gasteiger charge is -2.28. The van der Waals surface area contributed by atoms with E-state index in [2.05, 4.69) is 5.32 Å². The van der Waals surface area contributed by atoms with E-state index in [0.29, 0.717) is 26.1 Å². The number of nitrogens with zero attached hydrogens (tertiary/aromatic N) is 2. The van der Waals surface area contributed by atoms with Crippen LogP contribution >= 0.6 is 11.3 Å². The highest BCUT2D eigenvalue weighted by Gasteiger charge is 2.30. The van der Waals surface area contributed by atoms with Crippen molar-refractivity contribution in [3.63, 3.8) is 0 Å². The molecule has 0 spiro atoms. The Bertz CT molecular complexity index is 1150. The molecule has 6 nitrogen and oxygen atoms in total. The van der Waals surface area contributed by atoms with Gasteiger partial charge < -0.3 is 19.9 Å². The molecule has 1 N–H and O–H groups in total. The number of ether oxygens (including phenoxy) is 1. The van der Waals surface area contributed by atoms with Crippen molar-refractivity contribution >= 4 is 29.0 Å². The molecule has 0 aliphatic carbocycles. The number of halogens is 3.